The lowest BCUT2D eigenvalue weighted by molar-refractivity contribution is 0.143. The monoisotopic (exact) mass is 1580 g/mol. The van der Waals surface area contributed by atoms with Crippen molar-refractivity contribution in [1.82, 2.24) is 0 Å². The average molecular weight is 1580 g/mol. The molecule has 0 N–H and O–H groups in total. The Morgan fingerprint density at radius 1 is 0.150 bits per heavy atom. The highest BCUT2D eigenvalue weighted by Crippen LogP contribution is 2.51. The predicted octanol–water partition coefficient (Wildman–Crippen LogP) is 26.5. The molecule has 0 saturated heterocycles. The smallest absolute Gasteiger partial charge is 0.131 e. The van der Waals surface area contributed by atoms with Crippen molar-refractivity contribution >= 4 is 194 Å². The lowest BCUT2D eigenvalue weighted by atomic mass is 9.89. The van der Waals surface area contributed by atoms with Gasteiger partial charge in [-0.3, -0.25) is 0 Å². The minimum Gasteiger partial charge on any atom is -0.497 e. The van der Waals surface area contributed by atoms with Crippen LogP contribution in [0, 0.1) is 0 Å². The van der Waals surface area contributed by atoms with E-state index in [1.165, 1.54) is 0 Å². The van der Waals surface area contributed by atoms with Gasteiger partial charge in [-0.15, -0.1) is 0 Å². The van der Waals surface area contributed by atoms with Crippen molar-refractivity contribution in [2.45, 2.75) is 0 Å². The van der Waals surface area contributed by atoms with Crippen molar-refractivity contribution < 1.29 is 56.8 Å². The molecule has 0 amide bonds. The first-order valence-electron chi connectivity index (χ1n) is 40.6. The fourth-order valence-electron chi connectivity index (χ4n) is 18.4. The highest BCUT2D eigenvalue weighted by Gasteiger charge is 2.23. The van der Waals surface area contributed by atoms with Crippen LogP contribution in [0.15, 0.2) is 291 Å². The average Bonchev–Trinajstić information content (AvgIpc) is 0.720. The number of benzene rings is 18. The van der Waals surface area contributed by atoms with Gasteiger partial charge in [-0.25, -0.2) is 0 Å². The van der Waals surface area contributed by atoms with Crippen LogP contribution < -0.4 is 37.9 Å². The van der Waals surface area contributed by atoms with Gasteiger partial charge in [0.05, 0.1) is 54.9 Å². The zero-order chi connectivity index (χ0) is 81.5. The zero-order valence-corrected chi connectivity index (χ0v) is 68.3. The van der Waals surface area contributed by atoms with Crippen LogP contribution in [0.5, 0.6) is 46.0 Å². The van der Waals surface area contributed by atoms with Crippen LogP contribution in [0.4, 0.5) is 0 Å². The molecule has 0 aliphatic heterocycles. The Labute approximate surface area is 693 Å². The van der Waals surface area contributed by atoms with Crippen LogP contribution in [0.2, 0.25) is 0 Å². The predicted molar refractivity (Wildman–Crippen MR) is 499 cm³/mol. The summed E-state index contributed by atoms with van der Waals surface area (Å²) in [6.07, 6.45) is 0. The normalized spacial score (nSPS) is 11.7. The van der Waals surface area contributed by atoms with E-state index in [-0.39, 0.29) is 26.4 Å². The van der Waals surface area contributed by atoms with Crippen LogP contribution in [0.25, 0.3) is 194 Å². The van der Waals surface area contributed by atoms with Crippen LogP contribution in [-0.2, 0) is 18.9 Å². The molecule has 0 spiro atoms. The van der Waals surface area contributed by atoms with E-state index in [1.807, 2.05) is 0 Å². The van der Waals surface area contributed by atoms with Crippen molar-refractivity contribution in [3.8, 4) is 46.0 Å². The van der Waals surface area contributed by atoms with E-state index in [1.54, 1.807) is 56.9 Å². The van der Waals surface area contributed by atoms with Gasteiger partial charge in [0.25, 0.3) is 0 Å². The summed E-state index contributed by atoms with van der Waals surface area (Å²) in [5.74, 6) is 5.32. The molecular formula is C108H88O12. The summed E-state index contributed by atoms with van der Waals surface area (Å²) in [6, 6.07) is 105. The van der Waals surface area contributed by atoms with E-state index in [2.05, 4.69) is 291 Å². The highest BCUT2D eigenvalue weighted by molar-refractivity contribution is 6.38. The van der Waals surface area contributed by atoms with Crippen LogP contribution in [0.3, 0.4) is 0 Å². The van der Waals surface area contributed by atoms with E-state index in [0.717, 1.165) is 194 Å². The summed E-state index contributed by atoms with van der Waals surface area (Å²) in [4.78, 5) is 0. The van der Waals surface area contributed by atoms with Crippen molar-refractivity contribution in [3.05, 3.63) is 291 Å². The van der Waals surface area contributed by atoms with Crippen molar-refractivity contribution in [2.24, 2.45) is 0 Å². The van der Waals surface area contributed by atoms with Crippen LogP contribution >= 0.6 is 0 Å². The Hall–Kier alpha value is -13.7. The first kappa shape index (κ1) is 76.3. The van der Waals surface area contributed by atoms with Crippen LogP contribution in [0.1, 0.15) is 0 Å². The molecule has 120 heavy (non-hydrogen) atoms. The van der Waals surface area contributed by atoms with Gasteiger partial charge < -0.3 is 56.8 Å². The van der Waals surface area contributed by atoms with Crippen molar-refractivity contribution in [1.29, 1.82) is 0 Å². The first-order valence-corrected chi connectivity index (χ1v) is 40.6. The molecule has 12 heteroatoms. The molecule has 0 aliphatic carbocycles. The standard InChI is InChI=1S/C108H88O12/c1-109-41-45-117-97-63-98(118-46-42-110-2)94-61-93(97)105-85-33-17-9-25-77(85)101(78-26-10-18-34-86(78)105)69-49-65(53-73(57-69)113-5)66-51-71(59-75(54-66)115-7)103-81-29-13-21-37-89(81)107(90-38-22-14-30-82(90)103)95-62-96(100(120-48-44-112-4)64-99(95)119-47-43-111-3)108-91-39-23-15-31-83(91)104(84-32-16-24-40-92(84)108)72-52-68(56-76(60-72)116-8)67-50-70(58-74(55-67)114-6)102-79-27-11-19-35-87(79)106(94)88-36-20-12-28-80(88)102/h9-40,49-64H,41-48H2,1-8H3. The third-order valence-corrected chi connectivity index (χ3v) is 23.5. The van der Waals surface area contributed by atoms with E-state index in [9.17, 15) is 0 Å². The largest absolute Gasteiger partial charge is 0.497 e. The minimum absolute atomic E-state index is 0.277. The Morgan fingerprint density at radius 2 is 0.308 bits per heavy atom. The molecule has 0 saturated carbocycles. The maximum atomic E-state index is 7.06. The number of rotatable bonds is 20. The SMILES string of the molecule is COCCOc1cc(OCCOC)c2cc1c1c3ccccc3c(c3cc(OC)cc(c3)c3cc(OC)cc(c3)c3c4ccccc4c(c4cc(c(OCCOC)cc4OCCOC)c4c5ccccc5c(c5cc(OC)cc(c5)c5cc(OC)cc(c5)c5c6ccccc6c2c2ccccc25)c2ccccc24)c2ccccc23)c2ccccc21. The van der Waals surface area contributed by atoms with Gasteiger partial charge in [0.1, 0.15) is 72.4 Å². The lowest BCUT2D eigenvalue weighted by Gasteiger charge is -2.18. The fraction of sp³-hybridized carbons (Fsp3) is 0.148. The van der Waals surface area contributed by atoms with Crippen molar-refractivity contribution in [3.63, 3.8) is 0 Å². The fourth-order valence-corrected chi connectivity index (χ4v) is 18.4. The number of ether oxygens (including phenoxy) is 12. The zero-order valence-electron chi connectivity index (χ0n) is 68.3. The second-order valence-corrected chi connectivity index (χ2v) is 30.2. The van der Waals surface area contributed by atoms with E-state index < -0.39 is 0 Å². The summed E-state index contributed by atoms with van der Waals surface area (Å²) in [7, 11) is 13.8. The Morgan fingerprint density at radius 3 is 0.467 bits per heavy atom. The molecule has 0 fully saturated rings. The summed E-state index contributed by atoms with van der Waals surface area (Å²) < 4.78 is 76.9. The maximum Gasteiger partial charge on any atom is 0.131 e. The Bertz CT molecular complexity index is 6550. The first-order chi connectivity index (χ1) is 59.2. The molecule has 20 bridgehead atoms. The van der Waals surface area contributed by atoms with Gasteiger partial charge in [-0.1, -0.05) is 194 Å². The molecule has 0 atom stereocenters. The molecule has 12 nitrogen and oxygen atoms in total. The molecule has 19 aromatic rings. The molecule has 0 aliphatic rings. The number of hydrogen-bond donors (Lipinski definition) is 0. The molecular weight excluding hydrogens is 1490 g/mol. The third-order valence-electron chi connectivity index (χ3n) is 23.5. The summed E-state index contributed by atoms with van der Waals surface area (Å²) in [5.41, 5.74) is 0. The topological polar surface area (TPSA) is 111 Å². The molecule has 0 heterocycles. The molecule has 0 radical (unpaired) electrons. The molecule has 0 unspecified atom stereocenters. The minimum atomic E-state index is 0.277. The quantitative estimate of drug-likeness (QED) is 0.0535. The maximum absolute atomic E-state index is 7.06. The van der Waals surface area contributed by atoms with Gasteiger partial charge >= 0.3 is 0 Å². The number of fused-ring (bicyclic) bond motifs is 34. The lowest BCUT2D eigenvalue weighted by Crippen LogP contribution is -2.07. The van der Waals surface area contributed by atoms with Gasteiger partial charge in [0, 0.05) is 83.7 Å². The molecule has 19 rings (SSSR count). The number of hydrogen-bond acceptors (Lipinski definition) is 12. The summed E-state index contributed by atoms with van der Waals surface area (Å²) in [5, 5.41) is 35.7. The number of methoxy groups -OCH3 is 8. The van der Waals surface area contributed by atoms with Gasteiger partial charge in [-0.05, 0) is 236 Å². The van der Waals surface area contributed by atoms with E-state index >= 15 is 0 Å². The Balaban J connectivity index is 1.06. The van der Waals surface area contributed by atoms with Crippen molar-refractivity contribution in [2.75, 3.05) is 110 Å². The van der Waals surface area contributed by atoms with Gasteiger partial charge in [0.2, 0.25) is 0 Å². The van der Waals surface area contributed by atoms with E-state index in [0.29, 0.717) is 72.4 Å². The summed E-state index contributed by atoms with van der Waals surface area (Å²) in [6.45, 7) is 2.53. The second-order valence-electron chi connectivity index (χ2n) is 30.2. The molecule has 19 aromatic carbocycles. The Kier molecular flexibility index (Phi) is 21.0. The van der Waals surface area contributed by atoms with E-state index in [4.69, 9.17) is 56.8 Å². The molecule has 0 aromatic heterocycles. The molecule has 592 valence electrons. The summed E-state index contributed by atoms with van der Waals surface area (Å²) >= 11 is 0. The van der Waals surface area contributed by atoms with Crippen LogP contribution in [-0.4, -0.2) is 110 Å². The van der Waals surface area contributed by atoms with Gasteiger partial charge in [-0.2, -0.15) is 0 Å². The third kappa shape index (κ3) is 13.6. The highest BCUT2D eigenvalue weighted by atomic mass is 16.5. The second kappa shape index (κ2) is 33.0. The van der Waals surface area contributed by atoms with Gasteiger partial charge in [0.15, 0.2) is 0 Å².